The Kier molecular flexibility index (Phi) is 8.22. The molecular formula is C33H39N7O5. The number of rotatable bonds is 7. The van der Waals surface area contributed by atoms with Crippen molar-refractivity contribution >= 4 is 34.4 Å². The van der Waals surface area contributed by atoms with Crippen molar-refractivity contribution in [1.82, 2.24) is 29.5 Å². The van der Waals surface area contributed by atoms with Crippen LogP contribution in [0.4, 0.5) is 16.2 Å². The van der Waals surface area contributed by atoms with Crippen LogP contribution in [0.25, 0.3) is 22.3 Å². The number of carbonyl (C=O) groups excluding carboxylic acids is 2. The van der Waals surface area contributed by atoms with Gasteiger partial charge in [-0.05, 0) is 51.8 Å². The van der Waals surface area contributed by atoms with Gasteiger partial charge in [-0.2, -0.15) is 5.10 Å². The van der Waals surface area contributed by atoms with Crippen LogP contribution in [-0.4, -0.2) is 87.5 Å². The van der Waals surface area contributed by atoms with Crippen molar-refractivity contribution in [1.29, 1.82) is 0 Å². The second-order valence-corrected chi connectivity index (χ2v) is 12.5. The fraction of sp³-hybridized carbons (Fsp3) is 0.424. The number of nitrogens with one attached hydrogen (secondary N) is 1. The highest BCUT2D eigenvalue weighted by Gasteiger charge is 2.40. The minimum Gasteiger partial charge on any atom is -0.497 e. The lowest BCUT2D eigenvalue weighted by Crippen LogP contribution is -2.58. The molecule has 0 aliphatic carbocycles. The molecule has 2 aliphatic heterocycles. The summed E-state index contributed by atoms with van der Waals surface area (Å²) in [6.07, 6.45) is 6.85. The van der Waals surface area contributed by atoms with Gasteiger partial charge in [-0.1, -0.05) is 0 Å². The Morgan fingerprint density at radius 2 is 1.60 bits per heavy atom. The second-order valence-electron chi connectivity index (χ2n) is 12.5. The van der Waals surface area contributed by atoms with Gasteiger partial charge in [-0.15, -0.1) is 0 Å². The largest absolute Gasteiger partial charge is 0.497 e. The molecule has 4 heterocycles. The molecule has 2 fully saturated rings. The van der Waals surface area contributed by atoms with Crippen molar-refractivity contribution < 1.29 is 23.8 Å². The Labute approximate surface area is 262 Å². The molecule has 4 aromatic rings. The number of methoxy groups -OCH3 is 2. The Bertz CT molecular complexity index is 1680. The number of hydrogen-bond acceptors (Lipinski definition) is 9. The summed E-state index contributed by atoms with van der Waals surface area (Å²) in [5.41, 5.74) is 4.32. The molecule has 0 spiro atoms. The van der Waals surface area contributed by atoms with Gasteiger partial charge in [0.15, 0.2) is 0 Å². The van der Waals surface area contributed by atoms with E-state index in [2.05, 4.69) is 15.4 Å². The summed E-state index contributed by atoms with van der Waals surface area (Å²) in [5, 5.41) is 8.04. The monoisotopic (exact) mass is 613 g/mol. The zero-order valence-corrected chi connectivity index (χ0v) is 26.3. The molecule has 2 aliphatic rings. The predicted molar refractivity (Wildman–Crippen MR) is 170 cm³/mol. The highest BCUT2D eigenvalue weighted by atomic mass is 16.6. The lowest BCUT2D eigenvalue weighted by atomic mass is 9.96. The van der Waals surface area contributed by atoms with Crippen LogP contribution in [-0.2, 0) is 9.53 Å². The summed E-state index contributed by atoms with van der Waals surface area (Å²) in [6, 6.07) is 11.7. The molecule has 45 heavy (non-hydrogen) atoms. The average Bonchev–Trinajstić information content (AvgIpc) is 3.49. The molecule has 0 saturated carbocycles. The van der Waals surface area contributed by atoms with Crippen LogP contribution in [0.2, 0.25) is 0 Å². The van der Waals surface area contributed by atoms with E-state index < -0.39 is 5.60 Å². The van der Waals surface area contributed by atoms with Crippen LogP contribution >= 0.6 is 0 Å². The number of amides is 2. The molecule has 0 unspecified atom stereocenters. The molecule has 2 aromatic heterocycles. The highest BCUT2D eigenvalue weighted by molar-refractivity contribution is 5.83. The van der Waals surface area contributed by atoms with Gasteiger partial charge >= 0.3 is 6.09 Å². The molecule has 2 saturated heterocycles. The van der Waals surface area contributed by atoms with Gasteiger partial charge in [-0.3, -0.25) is 14.5 Å². The molecule has 6 rings (SSSR count). The maximum atomic E-state index is 13.1. The standard InChI is InChI=1S/C33H39N7O5/c1-33(2,3)45-32(42)39-18-22(19-39)31(41)38-10-8-25(9-11-38)40-20-21(16-35-40)30-17-34-28-7-6-23(14-29(28)37-30)36-24-12-26(43-4)15-27(13-24)44-5/h6-7,12-17,20,22,25,36H,8-11,18-19H2,1-5H3. The van der Waals surface area contributed by atoms with E-state index in [9.17, 15) is 9.59 Å². The summed E-state index contributed by atoms with van der Waals surface area (Å²) in [5.74, 6) is 1.34. The van der Waals surface area contributed by atoms with Crippen LogP contribution in [0.3, 0.4) is 0 Å². The maximum Gasteiger partial charge on any atom is 0.410 e. The van der Waals surface area contributed by atoms with E-state index in [4.69, 9.17) is 19.2 Å². The van der Waals surface area contributed by atoms with Gasteiger partial charge in [0.25, 0.3) is 0 Å². The fourth-order valence-corrected chi connectivity index (χ4v) is 5.66. The molecule has 0 radical (unpaired) electrons. The SMILES string of the molecule is COc1cc(Nc2ccc3ncc(-c4cnn(C5CCN(C(=O)C6CN(C(=O)OC(C)(C)C)C6)CC5)c4)nc3c2)cc(OC)c1. The summed E-state index contributed by atoms with van der Waals surface area (Å²) in [6.45, 7) is 7.66. The Balaban J connectivity index is 1.07. The van der Waals surface area contributed by atoms with E-state index >= 15 is 0 Å². The van der Waals surface area contributed by atoms with Gasteiger partial charge in [0.2, 0.25) is 5.91 Å². The molecule has 0 atom stereocenters. The van der Waals surface area contributed by atoms with Crippen molar-refractivity contribution in [2.45, 2.75) is 45.3 Å². The first-order chi connectivity index (χ1) is 21.6. The molecule has 236 valence electrons. The lowest BCUT2D eigenvalue weighted by Gasteiger charge is -2.42. The normalized spacial score (nSPS) is 15.9. The number of aromatic nitrogens is 4. The average molecular weight is 614 g/mol. The third-order valence-corrected chi connectivity index (χ3v) is 8.11. The van der Waals surface area contributed by atoms with Crippen LogP contribution in [0.5, 0.6) is 11.5 Å². The first-order valence-electron chi connectivity index (χ1n) is 15.2. The minimum absolute atomic E-state index is 0.111. The van der Waals surface area contributed by atoms with Crippen molar-refractivity contribution in [2.24, 2.45) is 5.92 Å². The molecule has 0 bridgehead atoms. The van der Waals surface area contributed by atoms with Crippen LogP contribution < -0.4 is 14.8 Å². The number of fused-ring (bicyclic) bond motifs is 1. The van der Waals surface area contributed by atoms with E-state index in [1.807, 2.05) is 79.1 Å². The van der Waals surface area contributed by atoms with Crippen LogP contribution in [0.15, 0.2) is 55.0 Å². The van der Waals surface area contributed by atoms with E-state index in [-0.39, 0.29) is 24.0 Å². The first-order valence-corrected chi connectivity index (χ1v) is 15.2. The maximum absolute atomic E-state index is 13.1. The van der Waals surface area contributed by atoms with Gasteiger partial charge in [0, 0.05) is 67.5 Å². The molecule has 2 amide bonds. The lowest BCUT2D eigenvalue weighted by molar-refractivity contribution is -0.141. The van der Waals surface area contributed by atoms with Crippen molar-refractivity contribution in [3.05, 3.63) is 55.0 Å². The summed E-state index contributed by atoms with van der Waals surface area (Å²) >= 11 is 0. The Morgan fingerprint density at radius 3 is 2.27 bits per heavy atom. The topological polar surface area (TPSA) is 124 Å². The van der Waals surface area contributed by atoms with E-state index in [0.717, 1.165) is 46.5 Å². The van der Waals surface area contributed by atoms with Gasteiger partial charge in [0.1, 0.15) is 17.1 Å². The minimum atomic E-state index is -0.546. The smallest absolute Gasteiger partial charge is 0.410 e. The zero-order chi connectivity index (χ0) is 31.7. The van der Waals surface area contributed by atoms with Gasteiger partial charge < -0.3 is 29.3 Å². The Morgan fingerprint density at radius 1 is 0.889 bits per heavy atom. The van der Waals surface area contributed by atoms with Crippen molar-refractivity contribution in [3.63, 3.8) is 0 Å². The highest BCUT2D eigenvalue weighted by Crippen LogP contribution is 2.31. The third kappa shape index (κ3) is 6.79. The zero-order valence-electron chi connectivity index (χ0n) is 26.3. The van der Waals surface area contributed by atoms with Gasteiger partial charge in [0.05, 0.1) is 55.3 Å². The van der Waals surface area contributed by atoms with Gasteiger partial charge in [-0.25, -0.2) is 9.78 Å². The quantitative estimate of drug-likeness (QED) is 0.296. The molecule has 2 aromatic carbocycles. The third-order valence-electron chi connectivity index (χ3n) is 8.11. The number of anilines is 2. The van der Waals surface area contributed by atoms with Crippen LogP contribution in [0.1, 0.15) is 39.7 Å². The molecule has 1 N–H and O–H groups in total. The molecule has 12 heteroatoms. The number of hydrogen-bond donors (Lipinski definition) is 1. The number of carbonyl (C=O) groups is 2. The number of nitrogens with zero attached hydrogens (tertiary/aromatic N) is 6. The first kappa shape index (κ1) is 30.2. The van der Waals surface area contributed by atoms with E-state index in [1.165, 1.54) is 0 Å². The van der Waals surface area contributed by atoms with Crippen molar-refractivity contribution in [2.75, 3.05) is 45.7 Å². The second kappa shape index (κ2) is 12.3. The number of piperidine rings is 1. The predicted octanol–water partition coefficient (Wildman–Crippen LogP) is 5.28. The summed E-state index contributed by atoms with van der Waals surface area (Å²) in [4.78, 5) is 38.3. The molecular weight excluding hydrogens is 574 g/mol. The van der Waals surface area contributed by atoms with E-state index in [1.54, 1.807) is 25.3 Å². The molecule has 12 nitrogen and oxygen atoms in total. The number of benzene rings is 2. The van der Waals surface area contributed by atoms with Crippen LogP contribution in [0, 0.1) is 5.92 Å². The van der Waals surface area contributed by atoms with Crippen molar-refractivity contribution in [3.8, 4) is 22.8 Å². The number of ether oxygens (including phenoxy) is 3. The number of likely N-dealkylation sites (tertiary alicyclic amines) is 2. The summed E-state index contributed by atoms with van der Waals surface area (Å²) in [7, 11) is 3.24. The van der Waals surface area contributed by atoms with E-state index in [0.29, 0.717) is 37.7 Å². The fourth-order valence-electron chi connectivity index (χ4n) is 5.66. The summed E-state index contributed by atoms with van der Waals surface area (Å²) < 4.78 is 18.2. The Hall–Kier alpha value is -4.87.